The van der Waals surface area contributed by atoms with Crippen molar-refractivity contribution in [1.29, 1.82) is 0 Å². The minimum Gasteiger partial charge on any atom is -0.464 e. The second-order valence-corrected chi connectivity index (χ2v) is 6.51. The molecule has 2 aromatic carbocycles. The molecule has 0 atom stereocenters. The van der Waals surface area contributed by atoms with E-state index in [2.05, 4.69) is 25.2 Å². The lowest BCUT2D eigenvalue weighted by Crippen LogP contribution is -2.24. The number of carbonyl (C=O) groups excluding carboxylic acids is 1. The fraction of sp³-hybridized carbons (Fsp3) is 0.158. The summed E-state index contributed by atoms with van der Waals surface area (Å²) in [6, 6.07) is 12.8. The first-order valence-electron chi connectivity index (χ1n) is 8.05. The summed E-state index contributed by atoms with van der Waals surface area (Å²) in [5, 5.41) is 5.16. The SMILES string of the molecule is COC(=O)/C(C)=N\NC1=Nc2ccc(Cl)cc2C(c2ccccc2Cl)=NC1. The molecule has 6 nitrogen and oxygen atoms in total. The lowest BCUT2D eigenvalue weighted by atomic mass is 10.0. The first-order chi connectivity index (χ1) is 13.0. The zero-order valence-corrected chi connectivity index (χ0v) is 16.2. The largest absolute Gasteiger partial charge is 0.464 e. The third kappa shape index (κ3) is 4.35. The van der Waals surface area contributed by atoms with Crippen LogP contribution in [0, 0.1) is 0 Å². The number of carbonyl (C=O) groups is 1. The van der Waals surface area contributed by atoms with Crippen molar-refractivity contribution < 1.29 is 9.53 Å². The first kappa shape index (κ1) is 19.1. The predicted octanol–water partition coefficient (Wildman–Crippen LogP) is 4.01. The van der Waals surface area contributed by atoms with Crippen molar-refractivity contribution in [2.75, 3.05) is 13.7 Å². The van der Waals surface area contributed by atoms with Crippen LogP contribution < -0.4 is 5.43 Å². The maximum Gasteiger partial charge on any atom is 0.353 e. The molecule has 138 valence electrons. The number of ether oxygens (including phenoxy) is 1. The van der Waals surface area contributed by atoms with Gasteiger partial charge in [-0.3, -0.25) is 10.4 Å². The molecule has 0 amide bonds. The van der Waals surface area contributed by atoms with Crippen LogP contribution in [0.4, 0.5) is 5.69 Å². The van der Waals surface area contributed by atoms with Gasteiger partial charge in [0.15, 0.2) is 0 Å². The van der Waals surface area contributed by atoms with Crippen LogP contribution in [0.1, 0.15) is 18.1 Å². The lowest BCUT2D eigenvalue weighted by Gasteiger charge is -2.10. The van der Waals surface area contributed by atoms with Crippen molar-refractivity contribution in [3.63, 3.8) is 0 Å². The normalized spacial score (nSPS) is 13.9. The quantitative estimate of drug-likeness (QED) is 0.478. The first-order valence-corrected chi connectivity index (χ1v) is 8.80. The molecule has 0 unspecified atom stereocenters. The number of benzene rings is 2. The van der Waals surface area contributed by atoms with E-state index in [-0.39, 0.29) is 12.3 Å². The molecule has 1 aliphatic heterocycles. The number of nitrogens with one attached hydrogen (secondary N) is 1. The van der Waals surface area contributed by atoms with Crippen molar-refractivity contribution in [3.8, 4) is 0 Å². The molecule has 0 saturated heterocycles. The topological polar surface area (TPSA) is 75.4 Å². The molecule has 8 heteroatoms. The number of esters is 1. The van der Waals surface area contributed by atoms with Gasteiger partial charge in [-0.15, -0.1) is 0 Å². The van der Waals surface area contributed by atoms with Crippen molar-refractivity contribution in [2.45, 2.75) is 6.92 Å². The van der Waals surface area contributed by atoms with E-state index < -0.39 is 5.97 Å². The molecule has 27 heavy (non-hydrogen) atoms. The molecule has 0 fully saturated rings. The molecule has 1 heterocycles. The van der Waals surface area contributed by atoms with E-state index in [0.717, 1.165) is 11.1 Å². The fourth-order valence-electron chi connectivity index (χ4n) is 2.50. The molecule has 0 bridgehead atoms. The molecule has 0 aromatic heterocycles. The van der Waals surface area contributed by atoms with Crippen LogP contribution >= 0.6 is 23.2 Å². The Kier molecular flexibility index (Phi) is 5.88. The number of fused-ring (bicyclic) bond motifs is 1. The summed E-state index contributed by atoms with van der Waals surface area (Å²) in [6.07, 6.45) is 0. The maximum atomic E-state index is 11.5. The smallest absolute Gasteiger partial charge is 0.353 e. The zero-order valence-electron chi connectivity index (χ0n) is 14.7. The number of hydrogen-bond acceptors (Lipinski definition) is 6. The maximum absolute atomic E-state index is 11.5. The minimum absolute atomic E-state index is 0.177. The molecule has 2 aromatic rings. The van der Waals surface area contributed by atoms with E-state index in [4.69, 9.17) is 23.2 Å². The van der Waals surface area contributed by atoms with E-state index in [9.17, 15) is 4.79 Å². The van der Waals surface area contributed by atoms with Crippen molar-refractivity contribution >= 4 is 52.1 Å². The van der Waals surface area contributed by atoms with Crippen LogP contribution in [0.25, 0.3) is 0 Å². The molecule has 1 aliphatic rings. The molecule has 0 spiro atoms. The molecular formula is C19H16Cl2N4O2. The van der Waals surface area contributed by atoms with Gasteiger partial charge in [0.2, 0.25) is 0 Å². The summed E-state index contributed by atoms with van der Waals surface area (Å²) < 4.78 is 4.63. The highest BCUT2D eigenvalue weighted by Gasteiger charge is 2.18. The van der Waals surface area contributed by atoms with Gasteiger partial charge in [0.05, 0.1) is 25.1 Å². The Balaban J connectivity index is 2.02. The minimum atomic E-state index is -0.524. The second kappa shape index (κ2) is 8.33. The molecule has 3 rings (SSSR count). The average molecular weight is 403 g/mol. The standard InChI is InChI=1S/C19H16Cl2N4O2/c1-11(19(26)27-2)24-25-17-10-22-18(13-5-3-4-6-15(13)21)14-9-12(20)7-8-16(14)23-17/h3-9H,10H2,1-2H3,(H,23,25)/b24-11-. The van der Waals surface area contributed by atoms with Gasteiger partial charge in [-0.2, -0.15) is 5.10 Å². The monoisotopic (exact) mass is 402 g/mol. The van der Waals surface area contributed by atoms with Crippen molar-refractivity contribution in [1.82, 2.24) is 5.43 Å². The van der Waals surface area contributed by atoms with Gasteiger partial charge in [0, 0.05) is 21.2 Å². The Morgan fingerprint density at radius 1 is 1.19 bits per heavy atom. The number of halogens is 2. The predicted molar refractivity (Wildman–Crippen MR) is 109 cm³/mol. The molecular weight excluding hydrogens is 387 g/mol. The summed E-state index contributed by atoms with van der Waals surface area (Å²) in [7, 11) is 1.30. The van der Waals surface area contributed by atoms with Crippen LogP contribution in [0.15, 0.2) is 57.6 Å². The molecule has 0 saturated carbocycles. The van der Waals surface area contributed by atoms with E-state index in [1.165, 1.54) is 7.11 Å². The highest BCUT2D eigenvalue weighted by Crippen LogP contribution is 2.30. The summed E-state index contributed by atoms with van der Waals surface area (Å²) in [5.74, 6) is -0.0481. The third-order valence-electron chi connectivity index (χ3n) is 3.82. The number of aliphatic imine (C=N–C) groups is 2. The number of nitrogens with zero attached hydrogens (tertiary/aromatic N) is 3. The van der Waals surface area contributed by atoms with Gasteiger partial charge >= 0.3 is 5.97 Å². The summed E-state index contributed by atoms with van der Waals surface area (Å²) in [4.78, 5) is 20.7. The van der Waals surface area contributed by atoms with Gasteiger partial charge in [0.1, 0.15) is 11.5 Å². The third-order valence-corrected chi connectivity index (χ3v) is 4.38. The Morgan fingerprint density at radius 2 is 1.96 bits per heavy atom. The average Bonchev–Trinajstić information content (AvgIpc) is 2.85. The number of amidine groups is 1. The number of methoxy groups -OCH3 is 1. The summed E-state index contributed by atoms with van der Waals surface area (Å²) in [5.41, 5.74) is 5.87. The van der Waals surface area contributed by atoms with Crippen molar-refractivity contribution in [2.24, 2.45) is 15.1 Å². The molecule has 1 N–H and O–H groups in total. The number of hydrogen-bond donors (Lipinski definition) is 1. The summed E-state index contributed by atoms with van der Waals surface area (Å²) >= 11 is 12.6. The Hall–Kier alpha value is -2.70. The van der Waals surface area contributed by atoms with Crippen LogP contribution in [-0.4, -0.2) is 36.9 Å². The number of rotatable bonds is 3. The summed E-state index contributed by atoms with van der Waals surface area (Å²) in [6.45, 7) is 1.77. The zero-order chi connectivity index (χ0) is 19.4. The van der Waals surface area contributed by atoms with Gasteiger partial charge in [-0.1, -0.05) is 41.4 Å². The molecule has 0 radical (unpaired) electrons. The Morgan fingerprint density at radius 3 is 2.70 bits per heavy atom. The fourth-order valence-corrected chi connectivity index (χ4v) is 2.90. The number of hydrazone groups is 1. The Labute approximate surface area is 166 Å². The van der Waals surface area contributed by atoms with Crippen LogP contribution in [-0.2, 0) is 9.53 Å². The van der Waals surface area contributed by atoms with E-state index in [0.29, 0.717) is 27.3 Å². The van der Waals surface area contributed by atoms with Gasteiger partial charge in [-0.05, 0) is 31.2 Å². The van der Waals surface area contributed by atoms with Crippen LogP contribution in [0.2, 0.25) is 10.0 Å². The van der Waals surface area contributed by atoms with Crippen molar-refractivity contribution in [3.05, 3.63) is 63.6 Å². The highest BCUT2D eigenvalue weighted by molar-refractivity contribution is 6.37. The van der Waals surface area contributed by atoms with Crippen LogP contribution in [0.5, 0.6) is 0 Å². The van der Waals surface area contributed by atoms with E-state index >= 15 is 0 Å². The van der Waals surface area contributed by atoms with Gasteiger partial charge < -0.3 is 4.74 Å². The Bertz CT molecular complexity index is 983. The second-order valence-electron chi connectivity index (χ2n) is 5.67. The van der Waals surface area contributed by atoms with E-state index in [1.807, 2.05) is 18.2 Å². The van der Waals surface area contributed by atoms with Gasteiger partial charge in [-0.25, -0.2) is 9.79 Å². The van der Waals surface area contributed by atoms with E-state index in [1.54, 1.807) is 31.2 Å². The lowest BCUT2D eigenvalue weighted by molar-refractivity contribution is -0.132. The van der Waals surface area contributed by atoms with Crippen LogP contribution in [0.3, 0.4) is 0 Å². The van der Waals surface area contributed by atoms with Gasteiger partial charge in [0.25, 0.3) is 0 Å². The molecule has 0 aliphatic carbocycles. The highest BCUT2D eigenvalue weighted by atomic mass is 35.5.